The molecule has 2 heterocycles. The van der Waals surface area contributed by atoms with Gasteiger partial charge in [-0.05, 0) is 72.1 Å². The van der Waals surface area contributed by atoms with Crippen LogP contribution in [0.2, 0.25) is 0 Å². The molecule has 10 heteroatoms. The van der Waals surface area contributed by atoms with E-state index in [1.807, 2.05) is 74.5 Å². The van der Waals surface area contributed by atoms with Crippen LogP contribution >= 0.6 is 0 Å². The molecular formula is C40H36F6N2O2. The van der Waals surface area contributed by atoms with Crippen LogP contribution < -0.4 is 0 Å². The van der Waals surface area contributed by atoms with Gasteiger partial charge in [0.05, 0.1) is 33.7 Å². The first-order valence-corrected chi connectivity index (χ1v) is 15.9. The number of aliphatic hydroxyl groups is 2. The standard InChI is InChI=1S/2C20H18F3NO/c2*1-13(18-17-6-4-3-5-14(17)11-12-24-18)19(2,25)15-7-9-16(10-8-15)20(21,22)23/h2*3-13,25H,1-2H3/t2*13-,19+/m00/s1. The first kappa shape index (κ1) is 36.5. The zero-order valence-electron chi connectivity index (χ0n) is 27.8. The summed E-state index contributed by atoms with van der Waals surface area (Å²) in [6.45, 7) is 6.85. The fourth-order valence-corrected chi connectivity index (χ4v) is 6.00. The minimum atomic E-state index is -4.40. The van der Waals surface area contributed by atoms with E-state index in [0.29, 0.717) is 22.5 Å². The second kappa shape index (κ2) is 13.8. The highest BCUT2D eigenvalue weighted by Crippen LogP contribution is 2.41. The maximum Gasteiger partial charge on any atom is 0.416 e. The number of fused-ring (bicyclic) bond motifs is 2. The molecule has 4 nitrogen and oxygen atoms in total. The predicted octanol–water partition coefficient (Wildman–Crippen LogP) is 10.5. The van der Waals surface area contributed by atoms with Gasteiger partial charge in [-0.25, -0.2) is 0 Å². The van der Waals surface area contributed by atoms with Gasteiger partial charge in [-0.2, -0.15) is 26.3 Å². The van der Waals surface area contributed by atoms with E-state index in [-0.39, 0.29) is 0 Å². The molecule has 0 saturated heterocycles. The van der Waals surface area contributed by atoms with Crippen LogP contribution in [0.25, 0.3) is 21.5 Å². The Kier molecular flexibility index (Phi) is 10.1. The molecule has 2 aromatic heterocycles. The van der Waals surface area contributed by atoms with Crippen molar-refractivity contribution in [3.63, 3.8) is 0 Å². The van der Waals surface area contributed by atoms with Crippen molar-refractivity contribution < 1.29 is 36.6 Å². The van der Waals surface area contributed by atoms with Crippen LogP contribution in [0.3, 0.4) is 0 Å². The summed E-state index contributed by atoms with van der Waals surface area (Å²) in [5, 5.41) is 25.9. The Balaban J connectivity index is 0.000000194. The summed E-state index contributed by atoms with van der Waals surface area (Å²) in [5.41, 5.74) is -1.93. The summed E-state index contributed by atoms with van der Waals surface area (Å²) in [5.74, 6) is -0.814. The van der Waals surface area contributed by atoms with Crippen molar-refractivity contribution in [3.8, 4) is 0 Å². The van der Waals surface area contributed by atoms with Crippen LogP contribution in [-0.2, 0) is 23.6 Å². The summed E-state index contributed by atoms with van der Waals surface area (Å²) in [4.78, 5) is 8.83. The predicted molar refractivity (Wildman–Crippen MR) is 182 cm³/mol. The average Bonchev–Trinajstić information content (AvgIpc) is 3.10. The number of pyridine rings is 2. The van der Waals surface area contributed by atoms with E-state index in [1.165, 1.54) is 24.3 Å². The van der Waals surface area contributed by atoms with Crippen LogP contribution in [0.5, 0.6) is 0 Å². The number of aromatic nitrogens is 2. The molecule has 0 aliphatic rings. The summed E-state index contributed by atoms with van der Waals surface area (Å²) in [7, 11) is 0. The number of benzene rings is 4. The molecule has 2 N–H and O–H groups in total. The van der Waals surface area contributed by atoms with Gasteiger partial charge >= 0.3 is 12.4 Å². The number of alkyl halides is 6. The van der Waals surface area contributed by atoms with Gasteiger partial charge in [0, 0.05) is 35.0 Å². The lowest BCUT2D eigenvalue weighted by atomic mass is 9.80. The van der Waals surface area contributed by atoms with Gasteiger partial charge in [0.1, 0.15) is 0 Å². The summed E-state index contributed by atoms with van der Waals surface area (Å²) < 4.78 is 76.4. The monoisotopic (exact) mass is 690 g/mol. The van der Waals surface area contributed by atoms with Crippen molar-refractivity contribution in [2.45, 2.75) is 63.1 Å². The van der Waals surface area contributed by atoms with E-state index < -0.39 is 46.5 Å². The Morgan fingerprint density at radius 3 is 1.08 bits per heavy atom. The third kappa shape index (κ3) is 7.51. The number of rotatable bonds is 6. The minimum absolute atomic E-state index is 0.407. The number of nitrogens with zero attached hydrogens (tertiary/aromatic N) is 2. The highest BCUT2D eigenvalue weighted by molar-refractivity contribution is 5.85. The van der Waals surface area contributed by atoms with E-state index in [4.69, 9.17) is 0 Å². The molecule has 4 atom stereocenters. The third-order valence-corrected chi connectivity index (χ3v) is 9.51. The van der Waals surface area contributed by atoms with Crippen molar-refractivity contribution in [1.29, 1.82) is 0 Å². The largest absolute Gasteiger partial charge is 0.416 e. The molecular weight excluding hydrogens is 654 g/mol. The van der Waals surface area contributed by atoms with Gasteiger partial charge in [0.15, 0.2) is 0 Å². The van der Waals surface area contributed by atoms with Crippen LogP contribution in [0.4, 0.5) is 26.3 Å². The number of halogens is 6. The maximum absolute atomic E-state index is 12.7. The lowest BCUT2D eigenvalue weighted by Gasteiger charge is -2.31. The van der Waals surface area contributed by atoms with E-state index in [1.54, 1.807) is 26.2 Å². The molecule has 0 bridgehead atoms. The van der Waals surface area contributed by atoms with Gasteiger partial charge in [0.2, 0.25) is 0 Å². The number of hydrogen-bond acceptors (Lipinski definition) is 4. The van der Waals surface area contributed by atoms with Gasteiger partial charge in [-0.3, -0.25) is 9.97 Å². The van der Waals surface area contributed by atoms with E-state index >= 15 is 0 Å². The molecule has 0 unspecified atom stereocenters. The van der Waals surface area contributed by atoms with Gasteiger partial charge in [-0.1, -0.05) is 86.6 Å². The second-order valence-corrected chi connectivity index (χ2v) is 12.7. The van der Waals surface area contributed by atoms with Crippen LogP contribution in [-0.4, -0.2) is 20.2 Å². The minimum Gasteiger partial charge on any atom is -0.385 e. The molecule has 0 saturated carbocycles. The first-order valence-electron chi connectivity index (χ1n) is 15.9. The average molecular weight is 691 g/mol. The first-order chi connectivity index (χ1) is 23.4. The molecule has 4 aromatic carbocycles. The van der Waals surface area contributed by atoms with E-state index in [9.17, 15) is 36.6 Å². The molecule has 0 aliphatic carbocycles. The zero-order valence-corrected chi connectivity index (χ0v) is 27.8. The Morgan fingerprint density at radius 2 is 0.760 bits per heavy atom. The Labute approximate surface area is 286 Å². The lowest BCUT2D eigenvalue weighted by Crippen LogP contribution is -2.29. The Morgan fingerprint density at radius 1 is 0.460 bits per heavy atom. The summed E-state index contributed by atoms with van der Waals surface area (Å²) >= 11 is 0. The van der Waals surface area contributed by atoms with Crippen molar-refractivity contribution in [1.82, 2.24) is 9.97 Å². The molecule has 50 heavy (non-hydrogen) atoms. The lowest BCUT2D eigenvalue weighted by molar-refractivity contribution is -0.138. The highest BCUT2D eigenvalue weighted by Gasteiger charge is 2.37. The van der Waals surface area contributed by atoms with E-state index in [2.05, 4.69) is 9.97 Å². The SMILES string of the molecule is C[C@@H](c1nccc2ccccc12)[C@@](C)(O)c1ccc(C(F)(F)F)cc1.C[C@@H](c1nccc2ccccc12)[C@@](C)(O)c1ccc(C(F)(F)F)cc1. The molecule has 260 valence electrons. The second-order valence-electron chi connectivity index (χ2n) is 12.7. The zero-order chi connectivity index (χ0) is 36.5. The van der Waals surface area contributed by atoms with Gasteiger partial charge in [-0.15, -0.1) is 0 Å². The third-order valence-electron chi connectivity index (χ3n) is 9.51. The smallest absolute Gasteiger partial charge is 0.385 e. The Bertz CT molecular complexity index is 1910. The van der Waals surface area contributed by atoms with Crippen LogP contribution in [0.1, 0.15) is 73.2 Å². The summed E-state index contributed by atoms with van der Waals surface area (Å²) in [6.07, 6.45) is -5.44. The maximum atomic E-state index is 12.7. The van der Waals surface area contributed by atoms with Crippen molar-refractivity contribution >= 4 is 21.5 Å². The fourth-order valence-electron chi connectivity index (χ4n) is 6.00. The van der Waals surface area contributed by atoms with Gasteiger partial charge in [0.25, 0.3) is 0 Å². The van der Waals surface area contributed by atoms with Crippen LogP contribution in [0.15, 0.2) is 122 Å². The Hall–Kier alpha value is -4.80. The highest BCUT2D eigenvalue weighted by atomic mass is 19.4. The summed E-state index contributed by atoms with van der Waals surface area (Å²) in [6, 6.07) is 28.4. The van der Waals surface area contributed by atoms with E-state index in [0.717, 1.165) is 45.8 Å². The van der Waals surface area contributed by atoms with Crippen molar-refractivity contribution in [2.75, 3.05) is 0 Å². The molecule has 0 spiro atoms. The van der Waals surface area contributed by atoms with Gasteiger partial charge < -0.3 is 10.2 Å². The normalized spacial score (nSPS) is 15.8. The van der Waals surface area contributed by atoms with Crippen molar-refractivity contribution in [2.24, 2.45) is 0 Å². The topological polar surface area (TPSA) is 66.2 Å². The quantitative estimate of drug-likeness (QED) is 0.171. The molecule has 6 aromatic rings. The molecule has 0 fully saturated rings. The number of hydrogen-bond donors (Lipinski definition) is 2. The molecule has 0 aliphatic heterocycles. The van der Waals surface area contributed by atoms with Crippen molar-refractivity contribution in [3.05, 3.63) is 155 Å². The molecule has 0 amide bonds. The molecule has 0 radical (unpaired) electrons. The van der Waals surface area contributed by atoms with Crippen LogP contribution in [0, 0.1) is 0 Å². The molecule has 6 rings (SSSR count). The fraction of sp³-hybridized carbons (Fsp3) is 0.250.